The Hall–Kier alpha value is -2.87. The van der Waals surface area contributed by atoms with Gasteiger partial charge >= 0.3 is 6.18 Å². The quantitative estimate of drug-likeness (QED) is 0.684. The molecule has 1 amide bonds. The molecule has 0 aliphatic heterocycles. The SMILES string of the molecule is O=C(NC(c1ccccc1)C1(CO)CC=CC1)c1ccc(C(F)(F)F)c(=O)[nH]1. The fourth-order valence-electron chi connectivity index (χ4n) is 3.45. The average molecular weight is 392 g/mol. The number of amides is 1. The molecule has 5 nitrogen and oxygen atoms in total. The van der Waals surface area contributed by atoms with Gasteiger partial charge < -0.3 is 15.4 Å². The monoisotopic (exact) mass is 392 g/mol. The van der Waals surface area contributed by atoms with Crippen LogP contribution in [0.4, 0.5) is 13.2 Å². The lowest BCUT2D eigenvalue weighted by molar-refractivity contribution is -0.138. The van der Waals surface area contributed by atoms with Gasteiger partial charge in [0.2, 0.25) is 0 Å². The fourth-order valence-corrected chi connectivity index (χ4v) is 3.45. The van der Waals surface area contributed by atoms with Crippen LogP contribution in [0.3, 0.4) is 0 Å². The lowest BCUT2D eigenvalue weighted by atomic mass is 9.75. The third-order valence-electron chi connectivity index (χ3n) is 5.01. The standard InChI is InChI=1S/C20H19F3N2O3/c21-20(22,23)14-8-9-15(24-17(14)27)18(28)25-16(13-6-2-1-3-7-13)19(12-26)10-4-5-11-19/h1-9,16,26H,10-12H2,(H,24,27)(H,25,28). The van der Waals surface area contributed by atoms with E-state index in [1.165, 1.54) is 0 Å². The van der Waals surface area contributed by atoms with E-state index in [9.17, 15) is 27.9 Å². The molecule has 1 aliphatic rings. The van der Waals surface area contributed by atoms with E-state index in [-0.39, 0.29) is 12.3 Å². The zero-order valence-corrected chi connectivity index (χ0v) is 14.8. The van der Waals surface area contributed by atoms with Crippen LogP contribution in [-0.2, 0) is 6.18 Å². The number of aliphatic hydroxyl groups is 1. The maximum absolute atomic E-state index is 12.8. The van der Waals surface area contributed by atoms with E-state index in [4.69, 9.17) is 0 Å². The lowest BCUT2D eigenvalue weighted by Gasteiger charge is -2.37. The van der Waals surface area contributed by atoms with E-state index in [1.54, 1.807) is 24.3 Å². The number of alkyl halides is 3. The highest BCUT2D eigenvalue weighted by atomic mass is 19.4. The number of aromatic nitrogens is 1. The normalized spacial score (nSPS) is 16.7. The molecule has 0 spiro atoms. The highest BCUT2D eigenvalue weighted by Crippen LogP contribution is 2.44. The number of hydrogen-bond acceptors (Lipinski definition) is 3. The summed E-state index contributed by atoms with van der Waals surface area (Å²) in [4.78, 5) is 26.4. The highest BCUT2D eigenvalue weighted by Gasteiger charge is 2.41. The number of carbonyl (C=O) groups is 1. The van der Waals surface area contributed by atoms with Crippen molar-refractivity contribution in [1.29, 1.82) is 0 Å². The number of rotatable bonds is 5. The van der Waals surface area contributed by atoms with Gasteiger partial charge in [-0.1, -0.05) is 42.5 Å². The molecule has 1 heterocycles. The van der Waals surface area contributed by atoms with Crippen molar-refractivity contribution < 1.29 is 23.1 Å². The summed E-state index contributed by atoms with van der Waals surface area (Å²) in [6.07, 6.45) is 0.0992. The molecule has 3 rings (SSSR count). The third kappa shape index (κ3) is 3.87. The maximum atomic E-state index is 12.8. The van der Waals surface area contributed by atoms with Gasteiger partial charge in [-0.05, 0) is 30.5 Å². The first-order valence-electron chi connectivity index (χ1n) is 8.69. The molecule has 0 bridgehead atoms. The van der Waals surface area contributed by atoms with E-state index in [0.717, 1.165) is 11.6 Å². The van der Waals surface area contributed by atoms with Crippen molar-refractivity contribution in [1.82, 2.24) is 10.3 Å². The zero-order chi connectivity index (χ0) is 20.4. The molecule has 1 aromatic carbocycles. The lowest BCUT2D eigenvalue weighted by Crippen LogP contribution is -2.42. The van der Waals surface area contributed by atoms with Crippen LogP contribution in [-0.4, -0.2) is 22.6 Å². The summed E-state index contributed by atoms with van der Waals surface area (Å²) in [6.45, 7) is -0.191. The first kappa shape index (κ1) is 19.9. The number of pyridine rings is 1. The van der Waals surface area contributed by atoms with Crippen LogP contribution in [0, 0.1) is 5.41 Å². The molecule has 1 aromatic heterocycles. The van der Waals surface area contributed by atoms with E-state index in [0.29, 0.717) is 18.9 Å². The molecule has 3 N–H and O–H groups in total. The van der Waals surface area contributed by atoms with Gasteiger partial charge in [-0.25, -0.2) is 0 Å². The second kappa shape index (κ2) is 7.63. The van der Waals surface area contributed by atoms with E-state index in [1.807, 2.05) is 23.2 Å². The molecular weight excluding hydrogens is 373 g/mol. The Morgan fingerprint density at radius 1 is 1.14 bits per heavy atom. The Balaban J connectivity index is 1.92. The molecule has 1 aliphatic carbocycles. The number of H-pyrrole nitrogens is 1. The second-order valence-electron chi connectivity index (χ2n) is 6.83. The Morgan fingerprint density at radius 2 is 1.79 bits per heavy atom. The Bertz CT molecular complexity index is 928. The molecule has 28 heavy (non-hydrogen) atoms. The zero-order valence-electron chi connectivity index (χ0n) is 14.8. The van der Waals surface area contributed by atoms with Crippen molar-refractivity contribution in [3.8, 4) is 0 Å². The van der Waals surface area contributed by atoms with Gasteiger partial charge in [0, 0.05) is 5.41 Å². The van der Waals surface area contributed by atoms with Crippen LogP contribution >= 0.6 is 0 Å². The molecule has 148 valence electrons. The number of hydrogen-bond donors (Lipinski definition) is 3. The first-order chi connectivity index (χ1) is 13.3. The van der Waals surface area contributed by atoms with E-state index >= 15 is 0 Å². The van der Waals surface area contributed by atoms with Crippen molar-refractivity contribution in [3.63, 3.8) is 0 Å². The van der Waals surface area contributed by atoms with E-state index < -0.39 is 34.7 Å². The summed E-state index contributed by atoms with van der Waals surface area (Å²) in [5, 5.41) is 12.8. The summed E-state index contributed by atoms with van der Waals surface area (Å²) >= 11 is 0. The smallest absolute Gasteiger partial charge is 0.396 e. The topological polar surface area (TPSA) is 82.2 Å². The Kier molecular flexibility index (Phi) is 5.42. The second-order valence-corrected chi connectivity index (χ2v) is 6.83. The fraction of sp³-hybridized carbons (Fsp3) is 0.300. The number of nitrogens with one attached hydrogen (secondary N) is 2. The number of aliphatic hydroxyl groups excluding tert-OH is 1. The molecule has 1 atom stereocenters. The van der Waals surface area contributed by atoms with Crippen LogP contribution in [0.25, 0.3) is 0 Å². The molecule has 8 heteroatoms. The molecule has 0 saturated carbocycles. The van der Waals surface area contributed by atoms with Crippen molar-refractivity contribution in [2.45, 2.75) is 25.1 Å². The summed E-state index contributed by atoms with van der Waals surface area (Å²) < 4.78 is 38.3. The van der Waals surface area contributed by atoms with Crippen LogP contribution in [0.1, 0.15) is 40.5 Å². The van der Waals surface area contributed by atoms with Gasteiger partial charge in [-0.2, -0.15) is 13.2 Å². The van der Waals surface area contributed by atoms with Crippen LogP contribution < -0.4 is 10.9 Å². The molecule has 1 unspecified atom stereocenters. The van der Waals surface area contributed by atoms with Gasteiger partial charge in [0.05, 0.1) is 12.6 Å². The molecule has 2 aromatic rings. The van der Waals surface area contributed by atoms with Crippen molar-refractivity contribution >= 4 is 5.91 Å². The van der Waals surface area contributed by atoms with Gasteiger partial charge in [0.15, 0.2) is 0 Å². The van der Waals surface area contributed by atoms with Gasteiger partial charge in [-0.15, -0.1) is 0 Å². The van der Waals surface area contributed by atoms with Crippen LogP contribution in [0.15, 0.2) is 59.4 Å². The molecule has 0 radical (unpaired) electrons. The Morgan fingerprint density at radius 3 is 2.32 bits per heavy atom. The van der Waals surface area contributed by atoms with Gasteiger partial charge in [0.1, 0.15) is 11.3 Å². The van der Waals surface area contributed by atoms with E-state index in [2.05, 4.69) is 5.32 Å². The molecule has 0 saturated heterocycles. The summed E-state index contributed by atoms with van der Waals surface area (Å²) in [5.74, 6) is -0.723. The average Bonchev–Trinajstić information content (AvgIpc) is 3.15. The number of benzene rings is 1. The highest BCUT2D eigenvalue weighted by molar-refractivity contribution is 5.92. The van der Waals surface area contributed by atoms with Crippen molar-refractivity contribution in [2.75, 3.05) is 6.61 Å². The largest absolute Gasteiger partial charge is 0.421 e. The minimum absolute atomic E-state index is 0.191. The summed E-state index contributed by atoms with van der Waals surface area (Å²) in [5.41, 5.74) is -2.93. The first-order valence-corrected chi connectivity index (χ1v) is 8.69. The summed E-state index contributed by atoms with van der Waals surface area (Å²) in [7, 11) is 0. The van der Waals surface area contributed by atoms with Gasteiger partial charge in [0.25, 0.3) is 11.5 Å². The third-order valence-corrected chi connectivity index (χ3v) is 5.01. The van der Waals surface area contributed by atoms with Crippen LogP contribution in [0.2, 0.25) is 0 Å². The van der Waals surface area contributed by atoms with Crippen LogP contribution in [0.5, 0.6) is 0 Å². The predicted molar refractivity (Wildman–Crippen MR) is 96.6 cm³/mol. The minimum Gasteiger partial charge on any atom is -0.396 e. The number of carbonyl (C=O) groups excluding carboxylic acids is 1. The summed E-state index contributed by atoms with van der Waals surface area (Å²) in [6, 6.07) is 9.93. The number of aromatic amines is 1. The number of halogens is 3. The van der Waals surface area contributed by atoms with Gasteiger partial charge in [-0.3, -0.25) is 9.59 Å². The predicted octanol–water partition coefficient (Wildman–Crippen LogP) is 3.19. The molecule has 0 fully saturated rings. The molecular formula is C20H19F3N2O3. The van der Waals surface area contributed by atoms with Crippen molar-refractivity contribution in [3.05, 3.63) is 81.8 Å². The maximum Gasteiger partial charge on any atom is 0.421 e. The minimum atomic E-state index is -4.80. The Labute approximate surface area is 158 Å². The van der Waals surface area contributed by atoms with Crippen molar-refractivity contribution in [2.24, 2.45) is 5.41 Å². The number of allylic oxidation sites excluding steroid dienone is 2.